The van der Waals surface area contributed by atoms with Crippen molar-refractivity contribution in [1.29, 1.82) is 0 Å². The predicted molar refractivity (Wildman–Crippen MR) is 105 cm³/mol. The Morgan fingerprint density at radius 2 is 1.94 bits per heavy atom. The van der Waals surface area contributed by atoms with E-state index in [1.54, 1.807) is 18.0 Å². The summed E-state index contributed by atoms with van der Waals surface area (Å²) in [6.07, 6.45) is -1.20. The van der Waals surface area contributed by atoms with Crippen LogP contribution in [0.15, 0.2) is 48.7 Å². The number of amides is 1. The molecule has 4 rings (SSSR count). The van der Waals surface area contributed by atoms with Crippen molar-refractivity contribution in [2.45, 2.75) is 31.5 Å². The van der Waals surface area contributed by atoms with Crippen LogP contribution in [0.25, 0.3) is 5.69 Å². The second kappa shape index (κ2) is 8.05. The van der Waals surface area contributed by atoms with Gasteiger partial charge in [0.25, 0.3) is 5.91 Å². The standard InChI is InChI=1S/C22H19F4N3O2/c1-31-14-10-8-13(9-11-14)29-19-7-3-6-18(16(19)12-27-29)28-21(30)15-4-2-5-17(20(15)23)22(24,25)26/h2,4-5,8-12,18H,3,6-7H2,1H3,(H,28,30). The quantitative estimate of drug-likeness (QED) is 0.599. The van der Waals surface area contributed by atoms with Gasteiger partial charge in [0.2, 0.25) is 0 Å². The molecule has 1 unspecified atom stereocenters. The van der Waals surface area contributed by atoms with E-state index in [0.29, 0.717) is 18.2 Å². The summed E-state index contributed by atoms with van der Waals surface area (Å²) in [4.78, 5) is 12.6. The molecule has 0 spiro atoms. The highest BCUT2D eigenvalue weighted by Crippen LogP contribution is 2.34. The minimum absolute atomic E-state index is 0.475. The predicted octanol–water partition coefficient (Wildman–Crippen LogP) is 4.85. The van der Waals surface area contributed by atoms with E-state index in [2.05, 4.69) is 10.4 Å². The van der Waals surface area contributed by atoms with Crippen LogP contribution in [0.3, 0.4) is 0 Å². The van der Waals surface area contributed by atoms with Crippen LogP contribution in [0.4, 0.5) is 17.6 Å². The number of methoxy groups -OCH3 is 1. The summed E-state index contributed by atoms with van der Waals surface area (Å²) < 4.78 is 60.2. The van der Waals surface area contributed by atoms with Crippen LogP contribution >= 0.6 is 0 Å². The van der Waals surface area contributed by atoms with E-state index < -0.39 is 35.1 Å². The number of carbonyl (C=O) groups is 1. The first-order valence-electron chi connectivity index (χ1n) is 9.67. The fourth-order valence-electron chi connectivity index (χ4n) is 3.81. The Balaban J connectivity index is 1.60. The van der Waals surface area contributed by atoms with Gasteiger partial charge in [0.05, 0.1) is 36.2 Å². The summed E-state index contributed by atoms with van der Waals surface area (Å²) >= 11 is 0. The Morgan fingerprint density at radius 1 is 1.19 bits per heavy atom. The molecule has 162 valence electrons. The number of carbonyl (C=O) groups excluding carboxylic acids is 1. The summed E-state index contributed by atoms with van der Waals surface area (Å²) in [5, 5.41) is 7.09. The van der Waals surface area contributed by atoms with E-state index in [1.807, 2.05) is 24.3 Å². The Morgan fingerprint density at radius 3 is 2.61 bits per heavy atom. The first-order chi connectivity index (χ1) is 14.8. The van der Waals surface area contributed by atoms with Crippen LogP contribution in [0.2, 0.25) is 0 Å². The van der Waals surface area contributed by atoms with Gasteiger partial charge in [0.15, 0.2) is 0 Å². The van der Waals surface area contributed by atoms with Gasteiger partial charge < -0.3 is 10.1 Å². The van der Waals surface area contributed by atoms with Gasteiger partial charge in [-0.2, -0.15) is 18.3 Å². The summed E-state index contributed by atoms with van der Waals surface area (Å²) in [5.74, 6) is -1.76. The smallest absolute Gasteiger partial charge is 0.419 e. The number of rotatable bonds is 4. The highest BCUT2D eigenvalue weighted by Gasteiger charge is 2.36. The molecule has 0 saturated heterocycles. The molecule has 9 heteroatoms. The summed E-state index contributed by atoms with van der Waals surface area (Å²) in [5.41, 5.74) is 0.383. The summed E-state index contributed by atoms with van der Waals surface area (Å²) in [6, 6.07) is 9.53. The van der Waals surface area contributed by atoms with E-state index >= 15 is 0 Å². The molecular weight excluding hydrogens is 414 g/mol. The number of hydrogen-bond acceptors (Lipinski definition) is 3. The van der Waals surface area contributed by atoms with E-state index in [9.17, 15) is 22.4 Å². The van der Waals surface area contributed by atoms with Crippen molar-refractivity contribution < 1.29 is 27.1 Å². The number of alkyl halides is 3. The monoisotopic (exact) mass is 433 g/mol. The number of aromatic nitrogens is 2. The molecule has 1 aliphatic rings. The normalized spacial score (nSPS) is 16.0. The van der Waals surface area contributed by atoms with Crippen molar-refractivity contribution in [2.75, 3.05) is 7.11 Å². The molecular formula is C22H19F4N3O2. The van der Waals surface area contributed by atoms with Crippen LogP contribution in [-0.2, 0) is 12.6 Å². The van der Waals surface area contributed by atoms with E-state index in [0.717, 1.165) is 41.9 Å². The van der Waals surface area contributed by atoms with Crippen molar-refractivity contribution in [3.63, 3.8) is 0 Å². The maximum Gasteiger partial charge on any atom is 0.419 e. The SMILES string of the molecule is COc1ccc(-n2ncc3c2CCCC3NC(=O)c2cccc(C(F)(F)F)c2F)cc1. The molecule has 1 atom stereocenters. The lowest BCUT2D eigenvalue weighted by Crippen LogP contribution is -2.32. The first-order valence-corrected chi connectivity index (χ1v) is 9.67. The molecule has 1 aliphatic carbocycles. The van der Waals surface area contributed by atoms with Crippen LogP contribution in [0, 0.1) is 5.82 Å². The van der Waals surface area contributed by atoms with Gasteiger partial charge in [-0.15, -0.1) is 0 Å². The van der Waals surface area contributed by atoms with Gasteiger partial charge in [0.1, 0.15) is 11.6 Å². The number of nitrogens with zero attached hydrogens (tertiary/aromatic N) is 2. The van der Waals surface area contributed by atoms with Crippen LogP contribution < -0.4 is 10.1 Å². The molecule has 0 aliphatic heterocycles. The summed E-state index contributed by atoms with van der Waals surface area (Å²) in [7, 11) is 1.57. The minimum Gasteiger partial charge on any atom is -0.497 e. The van der Waals surface area contributed by atoms with Gasteiger partial charge in [-0.25, -0.2) is 9.07 Å². The zero-order valence-electron chi connectivity index (χ0n) is 16.5. The van der Waals surface area contributed by atoms with Crippen molar-refractivity contribution in [2.24, 2.45) is 0 Å². The molecule has 3 aromatic rings. The topological polar surface area (TPSA) is 56.1 Å². The number of fused-ring (bicyclic) bond motifs is 1. The van der Waals surface area contributed by atoms with Crippen LogP contribution in [0.5, 0.6) is 5.75 Å². The molecule has 0 radical (unpaired) electrons. The lowest BCUT2D eigenvalue weighted by atomic mass is 9.92. The highest BCUT2D eigenvalue weighted by molar-refractivity contribution is 5.95. The molecule has 0 fully saturated rings. The Labute approximate surface area is 175 Å². The number of benzene rings is 2. The zero-order chi connectivity index (χ0) is 22.2. The Kier molecular flexibility index (Phi) is 5.43. The van der Waals surface area contributed by atoms with Crippen molar-refractivity contribution in [1.82, 2.24) is 15.1 Å². The van der Waals surface area contributed by atoms with E-state index in [4.69, 9.17) is 4.74 Å². The van der Waals surface area contributed by atoms with Gasteiger partial charge in [-0.05, 0) is 55.7 Å². The summed E-state index contributed by atoms with van der Waals surface area (Å²) in [6.45, 7) is 0. The molecule has 1 amide bonds. The van der Waals surface area contributed by atoms with Crippen molar-refractivity contribution >= 4 is 5.91 Å². The molecule has 1 aromatic heterocycles. The Hall–Kier alpha value is -3.36. The maximum atomic E-state index is 14.3. The third-order valence-corrected chi connectivity index (χ3v) is 5.35. The zero-order valence-corrected chi connectivity index (χ0v) is 16.5. The van der Waals surface area contributed by atoms with Crippen molar-refractivity contribution in [3.05, 3.63) is 76.9 Å². The average molecular weight is 433 g/mol. The molecule has 31 heavy (non-hydrogen) atoms. The van der Waals surface area contributed by atoms with Crippen molar-refractivity contribution in [3.8, 4) is 11.4 Å². The fraction of sp³-hybridized carbons (Fsp3) is 0.273. The Bertz CT molecular complexity index is 1110. The van der Waals surface area contributed by atoms with E-state index in [-0.39, 0.29) is 0 Å². The maximum absolute atomic E-state index is 14.3. The highest BCUT2D eigenvalue weighted by atomic mass is 19.4. The molecule has 0 saturated carbocycles. The third-order valence-electron chi connectivity index (χ3n) is 5.35. The van der Waals surface area contributed by atoms with E-state index in [1.165, 1.54) is 0 Å². The molecule has 1 heterocycles. The lowest BCUT2D eigenvalue weighted by Gasteiger charge is -2.24. The molecule has 0 bridgehead atoms. The molecule has 2 aromatic carbocycles. The van der Waals surface area contributed by atoms with Crippen LogP contribution in [-0.4, -0.2) is 22.8 Å². The molecule has 1 N–H and O–H groups in total. The molecule has 5 nitrogen and oxygen atoms in total. The number of halogens is 4. The third kappa shape index (κ3) is 3.99. The first kappa shape index (κ1) is 20.9. The van der Waals surface area contributed by atoms with Gasteiger partial charge in [0, 0.05) is 11.3 Å². The van der Waals surface area contributed by atoms with Gasteiger partial charge in [-0.3, -0.25) is 4.79 Å². The van der Waals surface area contributed by atoms with Crippen LogP contribution in [0.1, 0.15) is 46.1 Å². The second-order valence-corrected chi connectivity index (χ2v) is 7.24. The average Bonchev–Trinajstić information content (AvgIpc) is 3.18. The van der Waals surface area contributed by atoms with Gasteiger partial charge >= 0.3 is 6.18 Å². The fourth-order valence-corrected chi connectivity index (χ4v) is 3.81. The minimum atomic E-state index is -4.88. The van der Waals surface area contributed by atoms with Gasteiger partial charge in [-0.1, -0.05) is 6.07 Å². The number of hydrogen-bond donors (Lipinski definition) is 1. The number of nitrogens with one attached hydrogen (secondary N) is 1. The largest absolute Gasteiger partial charge is 0.497 e. The lowest BCUT2D eigenvalue weighted by molar-refractivity contribution is -0.140. The number of ether oxygens (including phenoxy) is 1. The second-order valence-electron chi connectivity index (χ2n) is 7.24.